The number of nitrogens with zero attached hydrogens (tertiary/aromatic N) is 4. The summed E-state index contributed by atoms with van der Waals surface area (Å²) in [6.07, 6.45) is 11.8. The van der Waals surface area contributed by atoms with Crippen molar-refractivity contribution in [3.8, 4) is 33.4 Å². The molecule has 2 saturated heterocycles. The number of nitrogens with two attached hydrogens (primary N) is 1. The Morgan fingerprint density at radius 2 is 1.62 bits per heavy atom. The van der Waals surface area contributed by atoms with Crippen LogP contribution in [0.3, 0.4) is 0 Å². The molecule has 2 aromatic carbocycles. The predicted molar refractivity (Wildman–Crippen MR) is 193 cm³/mol. The molecule has 1 amide bonds. The minimum atomic E-state index is -0.458. The zero-order valence-corrected chi connectivity index (χ0v) is 28.2. The van der Waals surface area contributed by atoms with E-state index in [4.69, 9.17) is 19.9 Å². The normalized spacial score (nSPS) is 16.7. The first-order valence-corrected chi connectivity index (χ1v) is 17.2. The molecule has 0 spiro atoms. The lowest BCUT2D eigenvalue weighted by Gasteiger charge is -2.23. The average Bonchev–Trinajstić information content (AvgIpc) is 3.62. The summed E-state index contributed by atoms with van der Waals surface area (Å²) < 4.78 is 20.6. The van der Waals surface area contributed by atoms with Gasteiger partial charge in [0.25, 0.3) is 5.91 Å². The average molecular weight is 675 g/mol. The third kappa shape index (κ3) is 7.70. The molecule has 2 aliphatic heterocycles. The van der Waals surface area contributed by atoms with Gasteiger partial charge < -0.3 is 29.8 Å². The number of pyridine rings is 2. The van der Waals surface area contributed by atoms with E-state index < -0.39 is 5.91 Å². The molecule has 11 nitrogen and oxygen atoms in total. The lowest BCUT2D eigenvalue weighted by atomic mass is 9.99. The molecule has 3 N–H and O–H groups in total. The lowest BCUT2D eigenvalue weighted by molar-refractivity contribution is -0.0946. The quantitative estimate of drug-likeness (QED) is 0.193. The fourth-order valence-electron chi connectivity index (χ4n) is 6.51. The lowest BCUT2D eigenvalue weighted by Crippen LogP contribution is -2.32. The first kappa shape index (κ1) is 33.4. The molecule has 50 heavy (non-hydrogen) atoms. The fraction of sp³-hybridized carbons (Fsp3) is 0.333. The van der Waals surface area contributed by atoms with Crippen LogP contribution in [0.2, 0.25) is 0 Å². The van der Waals surface area contributed by atoms with Gasteiger partial charge in [-0.15, -0.1) is 0 Å². The number of nitrogen functional groups attached to an aromatic ring is 1. The van der Waals surface area contributed by atoms with Crippen LogP contribution in [0.5, 0.6) is 0 Å². The van der Waals surface area contributed by atoms with Crippen molar-refractivity contribution in [3.05, 3.63) is 107 Å². The second kappa shape index (κ2) is 15.2. The summed E-state index contributed by atoms with van der Waals surface area (Å²) in [6, 6.07) is 17.3. The number of carbonyl (C=O) groups is 1. The van der Waals surface area contributed by atoms with Crippen molar-refractivity contribution < 1.29 is 19.0 Å². The van der Waals surface area contributed by atoms with Crippen molar-refractivity contribution in [2.75, 3.05) is 44.1 Å². The number of amides is 1. The number of ether oxygens (including phenoxy) is 3. The second-order valence-corrected chi connectivity index (χ2v) is 12.9. The van der Waals surface area contributed by atoms with Gasteiger partial charge in [-0.05, 0) is 60.1 Å². The minimum Gasteiger partial charge on any atom is -0.383 e. The maximum atomic E-state index is 13.8. The monoisotopic (exact) mass is 674 g/mol. The molecular weight excluding hydrogens is 632 g/mol. The van der Waals surface area contributed by atoms with E-state index in [-0.39, 0.29) is 17.1 Å². The van der Waals surface area contributed by atoms with Crippen LogP contribution in [0.15, 0.2) is 90.4 Å². The van der Waals surface area contributed by atoms with E-state index in [1.807, 2.05) is 64.1 Å². The summed E-state index contributed by atoms with van der Waals surface area (Å²) in [7, 11) is 0. The number of rotatable bonds is 10. The van der Waals surface area contributed by atoms with E-state index in [2.05, 4.69) is 22.3 Å². The Labute approximate surface area is 291 Å². The van der Waals surface area contributed by atoms with Crippen LogP contribution in [0, 0.1) is 5.92 Å². The Bertz CT molecular complexity index is 1990. The van der Waals surface area contributed by atoms with Crippen molar-refractivity contribution in [2.24, 2.45) is 5.92 Å². The Balaban J connectivity index is 1.10. The maximum Gasteiger partial charge on any atom is 0.261 e. The number of hydrogen-bond donors (Lipinski definition) is 2. The molecule has 1 unspecified atom stereocenters. The van der Waals surface area contributed by atoms with Gasteiger partial charge in [0, 0.05) is 72.5 Å². The Hall–Kier alpha value is -5.10. The van der Waals surface area contributed by atoms with Gasteiger partial charge in [0.2, 0.25) is 5.43 Å². The topological polar surface area (TPSA) is 136 Å². The summed E-state index contributed by atoms with van der Waals surface area (Å²) in [4.78, 5) is 32.0. The number of benzene rings is 2. The molecule has 5 heterocycles. The number of anilines is 2. The molecule has 11 heteroatoms. The zero-order valence-electron chi connectivity index (χ0n) is 28.2. The number of aryl methyl sites for hydroxylation is 1. The number of hydrogen-bond acceptors (Lipinski definition) is 8. The van der Waals surface area contributed by atoms with Gasteiger partial charge in [-0.2, -0.15) is 5.10 Å². The van der Waals surface area contributed by atoms with E-state index in [0.29, 0.717) is 55.9 Å². The minimum absolute atomic E-state index is 0.0318. The van der Waals surface area contributed by atoms with E-state index in [1.165, 1.54) is 5.56 Å². The van der Waals surface area contributed by atoms with Gasteiger partial charge in [-0.3, -0.25) is 14.3 Å². The van der Waals surface area contributed by atoms with Gasteiger partial charge in [0.05, 0.1) is 32.6 Å². The highest BCUT2D eigenvalue weighted by Crippen LogP contribution is 2.31. The smallest absolute Gasteiger partial charge is 0.261 e. The summed E-state index contributed by atoms with van der Waals surface area (Å²) >= 11 is 0. The molecule has 2 fully saturated rings. The van der Waals surface area contributed by atoms with Crippen molar-refractivity contribution in [1.29, 1.82) is 0 Å². The summed E-state index contributed by atoms with van der Waals surface area (Å²) in [5.41, 5.74) is 12.5. The third-order valence-electron chi connectivity index (χ3n) is 9.42. The predicted octanol–water partition coefficient (Wildman–Crippen LogP) is 5.68. The van der Waals surface area contributed by atoms with E-state index in [0.717, 1.165) is 60.3 Å². The molecular formula is C39H42N6O5. The van der Waals surface area contributed by atoms with Crippen LogP contribution in [-0.2, 0) is 33.7 Å². The molecule has 258 valence electrons. The molecule has 0 radical (unpaired) electrons. The second-order valence-electron chi connectivity index (χ2n) is 12.9. The largest absolute Gasteiger partial charge is 0.383 e. The van der Waals surface area contributed by atoms with E-state index in [9.17, 15) is 9.59 Å². The van der Waals surface area contributed by atoms with Crippen molar-refractivity contribution in [2.45, 2.75) is 45.4 Å². The van der Waals surface area contributed by atoms with Crippen LogP contribution in [-0.4, -0.2) is 64.4 Å². The van der Waals surface area contributed by atoms with Gasteiger partial charge in [-0.1, -0.05) is 43.3 Å². The summed E-state index contributed by atoms with van der Waals surface area (Å²) in [6.45, 7) is 6.61. The molecule has 2 aliphatic rings. The van der Waals surface area contributed by atoms with E-state index in [1.54, 1.807) is 30.7 Å². The van der Waals surface area contributed by atoms with Gasteiger partial charge in [0.1, 0.15) is 17.5 Å². The first-order valence-electron chi connectivity index (χ1n) is 17.2. The summed E-state index contributed by atoms with van der Waals surface area (Å²) in [5.74, 6) is 0.341. The standard InChI is InChI=1S/C39H42N6O5/c1-2-26-3-5-29(6-4-26)35-23-44(20-27-11-13-48-14-12-27)24-36(37(35)46)39(47)43-32-9-7-28(8-10-32)34-17-30(18-41-38(34)40)31-19-42-45(21-31)22-33-25-49-15-16-50-33/h3-10,17-19,21,23-24,27,33H,2,11-16,20,22,25H2,1H3,(H2,40,41)(H,43,47). The molecule has 0 aliphatic carbocycles. The van der Waals surface area contributed by atoms with E-state index >= 15 is 0 Å². The number of carbonyl (C=O) groups excluding carboxylic acids is 1. The molecule has 7 rings (SSSR count). The van der Waals surface area contributed by atoms with Crippen molar-refractivity contribution >= 4 is 17.4 Å². The molecule has 0 saturated carbocycles. The first-order chi connectivity index (χ1) is 24.4. The number of nitrogens with one attached hydrogen (secondary N) is 1. The van der Waals surface area contributed by atoms with Crippen LogP contribution in [0.1, 0.15) is 35.7 Å². The zero-order chi connectivity index (χ0) is 34.5. The Kier molecular flexibility index (Phi) is 10.2. The number of aromatic nitrogens is 4. The highest BCUT2D eigenvalue weighted by Gasteiger charge is 2.20. The van der Waals surface area contributed by atoms with Crippen LogP contribution >= 0.6 is 0 Å². The van der Waals surface area contributed by atoms with Crippen LogP contribution in [0.25, 0.3) is 33.4 Å². The molecule has 0 bridgehead atoms. The third-order valence-corrected chi connectivity index (χ3v) is 9.42. The Morgan fingerprint density at radius 3 is 2.36 bits per heavy atom. The van der Waals surface area contributed by atoms with Gasteiger partial charge in [0.15, 0.2) is 0 Å². The van der Waals surface area contributed by atoms with Crippen LogP contribution in [0.4, 0.5) is 11.5 Å². The van der Waals surface area contributed by atoms with Gasteiger partial charge >= 0.3 is 0 Å². The van der Waals surface area contributed by atoms with Crippen LogP contribution < -0.4 is 16.5 Å². The molecule has 1 atom stereocenters. The summed E-state index contributed by atoms with van der Waals surface area (Å²) in [5, 5.41) is 7.44. The van der Waals surface area contributed by atoms with Crippen molar-refractivity contribution in [3.63, 3.8) is 0 Å². The SMILES string of the molecule is CCc1ccc(-c2cn(CC3CCOCC3)cc(C(=O)Nc3ccc(-c4cc(-c5cnn(CC6COCCO6)c5)cnc4N)cc3)c2=O)cc1. The highest BCUT2D eigenvalue weighted by atomic mass is 16.6. The highest BCUT2D eigenvalue weighted by molar-refractivity contribution is 6.04. The maximum absolute atomic E-state index is 13.8. The molecule has 3 aromatic heterocycles. The van der Waals surface area contributed by atoms with Gasteiger partial charge in [-0.25, -0.2) is 4.98 Å². The Morgan fingerprint density at radius 1 is 0.860 bits per heavy atom. The fourth-order valence-corrected chi connectivity index (χ4v) is 6.51. The molecule has 5 aromatic rings. The van der Waals surface area contributed by atoms with Crippen molar-refractivity contribution in [1.82, 2.24) is 19.3 Å².